The molecule has 7 rings (SSSR count). The summed E-state index contributed by atoms with van der Waals surface area (Å²) in [6, 6.07) is 28.9. The van der Waals surface area contributed by atoms with Gasteiger partial charge in [0.2, 0.25) is 0 Å². The van der Waals surface area contributed by atoms with Crippen molar-refractivity contribution in [1.82, 2.24) is 0 Å². The van der Waals surface area contributed by atoms with Crippen LogP contribution in [0.3, 0.4) is 0 Å². The van der Waals surface area contributed by atoms with Gasteiger partial charge < -0.3 is 31.5 Å². The van der Waals surface area contributed by atoms with Crippen molar-refractivity contribution in [2.45, 2.75) is 103 Å². The van der Waals surface area contributed by atoms with Gasteiger partial charge in [0.15, 0.2) is 0 Å². The highest BCUT2D eigenvalue weighted by atomic mass is 16.3. The SMILES string of the molecule is CCCCN(CCCC)c1c2ccccc2c(C2C([O-])C(c3c4ccccc4c(N(CCCC)CCCC)c4cccc(N)c34)C2[O-])c2c(N)cccc12. The Balaban J connectivity index is 1.43. The van der Waals surface area contributed by atoms with Crippen LogP contribution in [0.1, 0.15) is 102 Å². The summed E-state index contributed by atoms with van der Waals surface area (Å²) in [6.07, 6.45) is 6.38. The highest BCUT2D eigenvalue weighted by molar-refractivity contribution is 6.19. The molecule has 0 aromatic heterocycles. The van der Waals surface area contributed by atoms with Crippen LogP contribution in [0.15, 0.2) is 84.9 Å². The first-order chi connectivity index (χ1) is 26.4. The van der Waals surface area contributed by atoms with Gasteiger partial charge in [0.05, 0.1) is 11.4 Å². The zero-order valence-corrected chi connectivity index (χ0v) is 32.7. The van der Waals surface area contributed by atoms with Crippen LogP contribution in [0.2, 0.25) is 0 Å². The molecule has 6 aromatic carbocycles. The van der Waals surface area contributed by atoms with Gasteiger partial charge in [0.25, 0.3) is 0 Å². The molecule has 284 valence electrons. The fourth-order valence-electron chi connectivity index (χ4n) is 9.32. The Bertz CT molecular complexity index is 2070. The van der Waals surface area contributed by atoms with Gasteiger partial charge in [-0.15, -0.1) is 12.2 Å². The van der Waals surface area contributed by atoms with Crippen molar-refractivity contribution in [2.24, 2.45) is 0 Å². The van der Waals surface area contributed by atoms with Crippen molar-refractivity contribution >= 4 is 65.8 Å². The second-order valence-electron chi connectivity index (χ2n) is 15.5. The summed E-state index contributed by atoms with van der Waals surface area (Å²) >= 11 is 0. The van der Waals surface area contributed by atoms with Crippen LogP contribution in [-0.4, -0.2) is 38.4 Å². The zero-order valence-electron chi connectivity index (χ0n) is 32.7. The molecule has 6 nitrogen and oxygen atoms in total. The lowest BCUT2D eigenvalue weighted by molar-refractivity contribution is -0.535. The molecule has 1 aliphatic carbocycles. The van der Waals surface area contributed by atoms with E-state index in [0.717, 1.165) is 143 Å². The van der Waals surface area contributed by atoms with Gasteiger partial charge >= 0.3 is 0 Å². The van der Waals surface area contributed by atoms with Crippen LogP contribution in [0.25, 0.3) is 43.1 Å². The molecule has 54 heavy (non-hydrogen) atoms. The average Bonchev–Trinajstić information content (AvgIpc) is 3.19. The number of anilines is 4. The van der Waals surface area contributed by atoms with E-state index in [4.69, 9.17) is 11.5 Å². The minimum atomic E-state index is -1.17. The second-order valence-corrected chi connectivity index (χ2v) is 15.5. The van der Waals surface area contributed by atoms with Crippen LogP contribution >= 0.6 is 0 Å². The number of hydrogen-bond donors (Lipinski definition) is 2. The average molecular weight is 723 g/mol. The number of fused-ring (bicyclic) bond motifs is 4. The summed E-state index contributed by atoms with van der Waals surface area (Å²) in [5.74, 6) is -1.52. The topological polar surface area (TPSA) is 105 Å². The molecule has 1 aliphatic rings. The van der Waals surface area contributed by atoms with E-state index < -0.39 is 24.0 Å². The molecule has 0 amide bonds. The highest BCUT2D eigenvalue weighted by Gasteiger charge is 2.42. The summed E-state index contributed by atoms with van der Waals surface area (Å²) in [4.78, 5) is 5.03. The summed E-state index contributed by atoms with van der Waals surface area (Å²) in [5, 5.41) is 38.2. The molecule has 4 N–H and O–H groups in total. The third-order valence-corrected chi connectivity index (χ3v) is 12.0. The van der Waals surface area contributed by atoms with Crippen molar-refractivity contribution in [3.05, 3.63) is 96.1 Å². The van der Waals surface area contributed by atoms with Gasteiger partial charge in [-0.05, 0) is 71.6 Å². The molecule has 6 heteroatoms. The summed E-state index contributed by atoms with van der Waals surface area (Å²) in [6.45, 7) is 12.7. The van der Waals surface area contributed by atoms with Gasteiger partial charge in [-0.3, -0.25) is 0 Å². The van der Waals surface area contributed by atoms with E-state index in [9.17, 15) is 0 Å². The fourth-order valence-corrected chi connectivity index (χ4v) is 9.32. The lowest BCUT2D eigenvalue weighted by atomic mass is 9.60. The lowest BCUT2D eigenvalue weighted by Gasteiger charge is -2.62. The molecule has 0 atom stereocenters. The van der Waals surface area contributed by atoms with E-state index in [2.05, 4.69) is 86.0 Å². The molecule has 0 saturated heterocycles. The largest absolute Gasteiger partial charge is 0.851 e. The van der Waals surface area contributed by atoms with Gasteiger partial charge in [-0.2, -0.15) is 0 Å². The van der Waals surface area contributed by atoms with Crippen molar-refractivity contribution < 1.29 is 10.2 Å². The maximum atomic E-state index is 15.2. The molecule has 0 unspecified atom stereocenters. The van der Waals surface area contributed by atoms with Crippen LogP contribution in [-0.2, 0) is 0 Å². The summed E-state index contributed by atoms with van der Waals surface area (Å²) in [5.41, 5.74) is 19.0. The van der Waals surface area contributed by atoms with Crippen LogP contribution in [0.5, 0.6) is 0 Å². The molecule has 0 bridgehead atoms. The van der Waals surface area contributed by atoms with E-state index in [1.807, 2.05) is 36.4 Å². The summed E-state index contributed by atoms with van der Waals surface area (Å²) in [7, 11) is 0. The molecule has 1 fully saturated rings. The van der Waals surface area contributed by atoms with Gasteiger partial charge in [-0.1, -0.05) is 126 Å². The standard InChI is InChI=1S/C48H58N4O2/c1-5-9-27-51(28-10-6-2)45-33-21-15-13-19-31(33)41(39-35(45)23-17-25-37(39)49)43-47(53)44(48(43)54)42-32-20-14-16-22-34(32)46(36-24-18-26-38(50)40(36)42)52(29-11-7-3)30-12-8-4/h13-26,43-44,47-48H,5-12,27-30,49-50H2,1-4H3/q-2. The number of unbranched alkanes of at least 4 members (excludes halogenated alkanes) is 4. The molecular weight excluding hydrogens is 665 g/mol. The minimum Gasteiger partial charge on any atom is -0.851 e. The fraction of sp³-hybridized carbons (Fsp3) is 0.417. The Hall–Kier alpha value is -4.52. The molecule has 0 spiro atoms. The first-order valence-electron chi connectivity index (χ1n) is 20.6. The molecule has 0 heterocycles. The predicted molar refractivity (Wildman–Crippen MR) is 229 cm³/mol. The van der Waals surface area contributed by atoms with Crippen LogP contribution in [0.4, 0.5) is 22.7 Å². The van der Waals surface area contributed by atoms with Crippen molar-refractivity contribution in [1.29, 1.82) is 0 Å². The second kappa shape index (κ2) is 16.5. The van der Waals surface area contributed by atoms with Crippen molar-refractivity contribution in [3.8, 4) is 0 Å². The minimum absolute atomic E-state index is 0.618. The number of rotatable bonds is 16. The zero-order chi connectivity index (χ0) is 37.9. The molecular formula is C48H58N4O2-2. The number of nitrogens with two attached hydrogens (primary N) is 2. The van der Waals surface area contributed by atoms with E-state index in [1.54, 1.807) is 0 Å². The Morgan fingerprint density at radius 1 is 0.444 bits per heavy atom. The van der Waals surface area contributed by atoms with Gasteiger partial charge in [0.1, 0.15) is 0 Å². The Morgan fingerprint density at radius 2 is 0.759 bits per heavy atom. The number of hydrogen-bond acceptors (Lipinski definition) is 6. The third-order valence-electron chi connectivity index (χ3n) is 12.0. The molecule has 0 radical (unpaired) electrons. The number of nitrogen functional groups attached to an aromatic ring is 2. The van der Waals surface area contributed by atoms with Crippen LogP contribution in [0, 0.1) is 0 Å². The number of nitrogens with zero attached hydrogens (tertiary/aromatic N) is 2. The maximum absolute atomic E-state index is 15.2. The van der Waals surface area contributed by atoms with E-state index in [1.165, 1.54) is 0 Å². The monoisotopic (exact) mass is 722 g/mol. The van der Waals surface area contributed by atoms with Crippen LogP contribution < -0.4 is 31.5 Å². The lowest BCUT2D eigenvalue weighted by Crippen LogP contribution is -2.63. The van der Waals surface area contributed by atoms with E-state index in [-0.39, 0.29) is 0 Å². The Kier molecular flexibility index (Phi) is 11.5. The first-order valence-corrected chi connectivity index (χ1v) is 20.6. The normalized spacial score (nSPS) is 18.5. The molecule has 0 aliphatic heterocycles. The Morgan fingerprint density at radius 3 is 1.09 bits per heavy atom. The number of benzene rings is 6. The van der Waals surface area contributed by atoms with Crippen molar-refractivity contribution in [3.63, 3.8) is 0 Å². The molecule has 1 saturated carbocycles. The first kappa shape index (κ1) is 37.8. The van der Waals surface area contributed by atoms with E-state index in [0.29, 0.717) is 11.4 Å². The maximum Gasteiger partial charge on any atom is 0.0526 e. The van der Waals surface area contributed by atoms with Gasteiger partial charge in [-0.25, -0.2) is 0 Å². The highest BCUT2D eigenvalue weighted by Crippen LogP contribution is 2.56. The Labute approximate surface area is 321 Å². The smallest absolute Gasteiger partial charge is 0.0526 e. The summed E-state index contributed by atoms with van der Waals surface area (Å²) < 4.78 is 0. The van der Waals surface area contributed by atoms with Gasteiger partial charge in [0, 0.05) is 69.9 Å². The quantitative estimate of drug-likeness (QED) is 0.0762. The molecule has 6 aromatic rings. The predicted octanol–water partition coefficient (Wildman–Crippen LogP) is 9.62. The third kappa shape index (κ3) is 6.51. The van der Waals surface area contributed by atoms with Crippen molar-refractivity contribution in [2.75, 3.05) is 47.4 Å². The van der Waals surface area contributed by atoms with E-state index >= 15 is 10.2 Å².